The Bertz CT molecular complexity index is 510. The van der Waals surface area contributed by atoms with Crippen LogP contribution in [0.15, 0.2) is 24.3 Å². The molecule has 5 heteroatoms. The van der Waals surface area contributed by atoms with Crippen LogP contribution in [-0.2, 0) is 16.0 Å². The highest BCUT2D eigenvalue weighted by atomic mass is 16.3. The van der Waals surface area contributed by atoms with Gasteiger partial charge >= 0.3 is 0 Å². The number of hydrogen-bond acceptors (Lipinski definition) is 3. The van der Waals surface area contributed by atoms with Crippen LogP contribution < -0.4 is 10.6 Å². The van der Waals surface area contributed by atoms with Gasteiger partial charge < -0.3 is 15.7 Å². The molecule has 0 radical (unpaired) electrons. The SMILES string of the molecule is Cc1ccc(CCC(=O)NCCNC(=O)CC(C)(C)CO)cc1. The Morgan fingerprint density at radius 1 is 1.04 bits per heavy atom. The molecular formula is C18H28N2O3. The molecule has 0 aliphatic carbocycles. The number of hydrogen-bond donors (Lipinski definition) is 3. The first kappa shape index (κ1) is 19.2. The molecule has 2 amide bonds. The third-order valence-electron chi connectivity index (χ3n) is 3.60. The van der Waals surface area contributed by atoms with Crippen molar-refractivity contribution in [2.24, 2.45) is 5.41 Å². The zero-order valence-corrected chi connectivity index (χ0v) is 14.3. The Morgan fingerprint density at radius 2 is 1.61 bits per heavy atom. The average Bonchev–Trinajstić information content (AvgIpc) is 2.50. The molecule has 0 bridgehead atoms. The van der Waals surface area contributed by atoms with Crippen LogP contribution in [0, 0.1) is 12.3 Å². The molecule has 5 nitrogen and oxygen atoms in total. The van der Waals surface area contributed by atoms with E-state index in [0.717, 1.165) is 5.56 Å². The van der Waals surface area contributed by atoms with E-state index in [4.69, 9.17) is 5.11 Å². The topological polar surface area (TPSA) is 78.4 Å². The molecule has 0 atom stereocenters. The van der Waals surface area contributed by atoms with Crippen LogP contribution in [-0.4, -0.2) is 36.6 Å². The monoisotopic (exact) mass is 320 g/mol. The van der Waals surface area contributed by atoms with E-state index in [9.17, 15) is 9.59 Å². The number of nitrogens with one attached hydrogen (secondary N) is 2. The first-order valence-electron chi connectivity index (χ1n) is 8.02. The minimum absolute atomic E-state index is 0.0180. The van der Waals surface area contributed by atoms with Gasteiger partial charge in [-0.1, -0.05) is 43.7 Å². The van der Waals surface area contributed by atoms with E-state index in [1.165, 1.54) is 5.56 Å². The zero-order valence-electron chi connectivity index (χ0n) is 14.3. The molecule has 0 fully saturated rings. The van der Waals surface area contributed by atoms with Gasteiger partial charge in [0.2, 0.25) is 11.8 Å². The van der Waals surface area contributed by atoms with Crippen LogP contribution >= 0.6 is 0 Å². The van der Waals surface area contributed by atoms with Crippen molar-refractivity contribution in [3.63, 3.8) is 0 Å². The second-order valence-corrected chi connectivity index (χ2v) is 6.68. The van der Waals surface area contributed by atoms with Crippen molar-refractivity contribution in [2.75, 3.05) is 19.7 Å². The van der Waals surface area contributed by atoms with Gasteiger partial charge in [-0.15, -0.1) is 0 Å². The van der Waals surface area contributed by atoms with Gasteiger partial charge in [-0.25, -0.2) is 0 Å². The number of benzene rings is 1. The predicted molar refractivity (Wildman–Crippen MR) is 91.0 cm³/mol. The molecule has 0 aliphatic heterocycles. The third-order valence-corrected chi connectivity index (χ3v) is 3.60. The smallest absolute Gasteiger partial charge is 0.220 e. The maximum absolute atomic E-state index is 11.7. The van der Waals surface area contributed by atoms with Gasteiger partial charge in [0, 0.05) is 32.5 Å². The van der Waals surface area contributed by atoms with Crippen LogP contribution in [0.4, 0.5) is 0 Å². The summed E-state index contributed by atoms with van der Waals surface area (Å²) in [5.74, 6) is -0.131. The molecule has 23 heavy (non-hydrogen) atoms. The van der Waals surface area contributed by atoms with Crippen LogP contribution in [0.1, 0.15) is 37.8 Å². The van der Waals surface area contributed by atoms with Crippen molar-refractivity contribution >= 4 is 11.8 Å². The van der Waals surface area contributed by atoms with Gasteiger partial charge in [0.05, 0.1) is 0 Å². The number of aliphatic hydroxyl groups excluding tert-OH is 1. The first-order chi connectivity index (χ1) is 10.8. The lowest BCUT2D eigenvalue weighted by atomic mass is 9.90. The molecule has 0 saturated heterocycles. The van der Waals surface area contributed by atoms with Gasteiger partial charge in [0.25, 0.3) is 0 Å². The quantitative estimate of drug-likeness (QED) is 0.604. The minimum atomic E-state index is -0.415. The molecule has 0 heterocycles. The van der Waals surface area contributed by atoms with Crippen molar-refractivity contribution in [3.05, 3.63) is 35.4 Å². The van der Waals surface area contributed by atoms with Crippen LogP contribution in [0.25, 0.3) is 0 Å². The van der Waals surface area contributed by atoms with Crippen molar-refractivity contribution in [1.82, 2.24) is 10.6 Å². The van der Waals surface area contributed by atoms with E-state index >= 15 is 0 Å². The second-order valence-electron chi connectivity index (χ2n) is 6.68. The summed E-state index contributed by atoms with van der Waals surface area (Å²) < 4.78 is 0. The molecule has 0 aromatic heterocycles. The second kappa shape index (κ2) is 9.30. The van der Waals surface area contributed by atoms with E-state index in [2.05, 4.69) is 10.6 Å². The summed E-state index contributed by atoms with van der Waals surface area (Å²) in [6.07, 6.45) is 1.42. The van der Waals surface area contributed by atoms with Crippen LogP contribution in [0.5, 0.6) is 0 Å². The normalized spacial score (nSPS) is 11.1. The summed E-state index contributed by atoms with van der Waals surface area (Å²) in [4.78, 5) is 23.4. The molecule has 0 spiro atoms. The van der Waals surface area contributed by atoms with Crippen LogP contribution in [0.3, 0.4) is 0 Å². The van der Waals surface area contributed by atoms with Gasteiger partial charge in [-0.05, 0) is 24.3 Å². The Balaban J connectivity index is 2.14. The van der Waals surface area contributed by atoms with Crippen molar-refractivity contribution in [1.29, 1.82) is 0 Å². The lowest BCUT2D eigenvalue weighted by Gasteiger charge is -2.20. The molecule has 1 aromatic carbocycles. The third kappa shape index (κ3) is 8.35. The fraction of sp³-hybridized carbons (Fsp3) is 0.556. The Morgan fingerprint density at radius 3 is 2.17 bits per heavy atom. The number of rotatable bonds is 9. The summed E-state index contributed by atoms with van der Waals surface area (Å²) in [5.41, 5.74) is 1.94. The zero-order chi connectivity index (χ0) is 17.3. The predicted octanol–water partition coefficient (Wildman–Crippen LogP) is 1.57. The summed E-state index contributed by atoms with van der Waals surface area (Å²) in [5, 5.41) is 14.7. The fourth-order valence-corrected chi connectivity index (χ4v) is 2.06. The number of aryl methyl sites for hydroxylation is 2. The largest absolute Gasteiger partial charge is 0.396 e. The van der Waals surface area contributed by atoms with E-state index in [-0.39, 0.29) is 24.8 Å². The first-order valence-corrected chi connectivity index (χ1v) is 8.02. The molecule has 128 valence electrons. The molecule has 0 aliphatic rings. The number of aliphatic hydroxyl groups is 1. The number of carbonyl (C=O) groups is 2. The summed E-state index contributed by atoms with van der Waals surface area (Å²) in [6, 6.07) is 8.14. The summed E-state index contributed by atoms with van der Waals surface area (Å²) in [7, 11) is 0. The van der Waals surface area contributed by atoms with E-state index in [1.807, 2.05) is 45.0 Å². The fourth-order valence-electron chi connectivity index (χ4n) is 2.06. The highest BCUT2D eigenvalue weighted by molar-refractivity contribution is 5.77. The van der Waals surface area contributed by atoms with Gasteiger partial charge in [-0.3, -0.25) is 9.59 Å². The van der Waals surface area contributed by atoms with Gasteiger partial charge in [0.15, 0.2) is 0 Å². The van der Waals surface area contributed by atoms with Crippen molar-refractivity contribution in [3.8, 4) is 0 Å². The molecule has 0 unspecified atom stereocenters. The maximum atomic E-state index is 11.7. The highest BCUT2D eigenvalue weighted by Gasteiger charge is 2.20. The molecule has 0 saturated carbocycles. The summed E-state index contributed by atoms with van der Waals surface area (Å²) >= 11 is 0. The molecule has 1 rings (SSSR count). The maximum Gasteiger partial charge on any atom is 0.220 e. The lowest BCUT2D eigenvalue weighted by Crippen LogP contribution is -2.36. The Labute approximate surface area is 138 Å². The number of carbonyl (C=O) groups excluding carboxylic acids is 2. The van der Waals surface area contributed by atoms with Crippen molar-refractivity contribution in [2.45, 2.75) is 40.0 Å². The molecular weight excluding hydrogens is 292 g/mol. The average molecular weight is 320 g/mol. The molecule has 1 aromatic rings. The Kier molecular flexibility index (Phi) is 7.75. The van der Waals surface area contributed by atoms with Gasteiger partial charge in [-0.2, -0.15) is 0 Å². The van der Waals surface area contributed by atoms with E-state index in [0.29, 0.717) is 25.9 Å². The lowest BCUT2D eigenvalue weighted by molar-refractivity contribution is -0.124. The highest BCUT2D eigenvalue weighted by Crippen LogP contribution is 2.18. The Hall–Kier alpha value is -1.88. The van der Waals surface area contributed by atoms with Crippen LogP contribution in [0.2, 0.25) is 0 Å². The van der Waals surface area contributed by atoms with Crippen molar-refractivity contribution < 1.29 is 14.7 Å². The van der Waals surface area contributed by atoms with E-state index in [1.54, 1.807) is 0 Å². The summed E-state index contributed by atoms with van der Waals surface area (Å²) in [6.45, 7) is 6.48. The molecule has 3 N–H and O–H groups in total. The standard InChI is InChI=1S/C18H28N2O3/c1-14-4-6-15(7-5-14)8-9-16(22)19-10-11-20-17(23)12-18(2,3)13-21/h4-7,21H,8-13H2,1-3H3,(H,19,22)(H,20,23). The van der Waals surface area contributed by atoms with E-state index < -0.39 is 5.41 Å². The number of amides is 2. The van der Waals surface area contributed by atoms with Gasteiger partial charge in [0.1, 0.15) is 0 Å². The minimum Gasteiger partial charge on any atom is -0.396 e.